The van der Waals surface area contributed by atoms with Crippen molar-refractivity contribution in [2.24, 2.45) is 11.8 Å². The van der Waals surface area contributed by atoms with Crippen LogP contribution in [0.5, 0.6) is 5.75 Å². The number of benzene rings is 1. The van der Waals surface area contributed by atoms with Crippen molar-refractivity contribution in [3.8, 4) is 5.75 Å². The van der Waals surface area contributed by atoms with Gasteiger partial charge in [0.15, 0.2) is 0 Å². The highest BCUT2D eigenvalue weighted by atomic mass is 35.5. The summed E-state index contributed by atoms with van der Waals surface area (Å²) in [5.74, 6) is -0.393. The van der Waals surface area contributed by atoms with Gasteiger partial charge in [0.2, 0.25) is 5.91 Å². The molecule has 130 valence electrons. The van der Waals surface area contributed by atoms with Crippen molar-refractivity contribution in [3.63, 3.8) is 0 Å². The van der Waals surface area contributed by atoms with E-state index in [1.165, 1.54) is 0 Å². The Hall–Kier alpha value is -1.75. The molecule has 0 aromatic heterocycles. The topological polar surface area (TPSA) is 75.6 Å². The number of hydrogen-bond acceptors (Lipinski definition) is 3. The Morgan fingerprint density at radius 1 is 1.12 bits per heavy atom. The Labute approximate surface area is 146 Å². The van der Waals surface area contributed by atoms with Crippen molar-refractivity contribution in [1.82, 2.24) is 5.32 Å². The Bertz CT molecular complexity index is 625. The summed E-state index contributed by atoms with van der Waals surface area (Å²) in [4.78, 5) is 23.6. The molecule has 1 aromatic carbocycles. The summed E-state index contributed by atoms with van der Waals surface area (Å²) < 4.78 is 5.73. The van der Waals surface area contributed by atoms with E-state index < -0.39 is 5.97 Å². The summed E-state index contributed by atoms with van der Waals surface area (Å²) in [6, 6.07) is 5.44. The van der Waals surface area contributed by atoms with E-state index in [0.29, 0.717) is 37.3 Å². The normalized spacial score (nSPS) is 26.6. The van der Waals surface area contributed by atoms with Crippen molar-refractivity contribution in [2.45, 2.75) is 44.6 Å². The quantitative estimate of drug-likeness (QED) is 0.873. The van der Waals surface area contributed by atoms with Gasteiger partial charge >= 0.3 is 5.97 Å². The molecule has 1 aliphatic carbocycles. The van der Waals surface area contributed by atoms with Crippen molar-refractivity contribution in [2.75, 3.05) is 6.61 Å². The minimum atomic E-state index is -0.749. The number of carbonyl (C=O) groups is 2. The lowest BCUT2D eigenvalue weighted by Gasteiger charge is -2.27. The standard InChI is InChI=1S/C18H22ClNO4/c19-13-7-8-14-15(2-1-9-24-16(14)10-13)20-17(21)11-3-5-12(6-4-11)18(22)23/h7-8,10-12,15H,1-6,9H2,(H,20,21)(H,22,23). The van der Waals surface area contributed by atoms with E-state index in [4.69, 9.17) is 21.4 Å². The predicted molar refractivity (Wildman–Crippen MR) is 90.1 cm³/mol. The van der Waals surface area contributed by atoms with E-state index in [9.17, 15) is 9.59 Å². The van der Waals surface area contributed by atoms with Crippen LogP contribution >= 0.6 is 11.6 Å². The Kier molecular flexibility index (Phi) is 5.29. The van der Waals surface area contributed by atoms with E-state index in [2.05, 4.69) is 5.32 Å². The monoisotopic (exact) mass is 351 g/mol. The maximum absolute atomic E-state index is 12.6. The third kappa shape index (κ3) is 3.83. The fourth-order valence-corrected chi connectivity index (χ4v) is 3.75. The van der Waals surface area contributed by atoms with Crippen molar-refractivity contribution < 1.29 is 19.4 Å². The fourth-order valence-electron chi connectivity index (χ4n) is 3.59. The third-order valence-electron chi connectivity index (χ3n) is 5.01. The van der Waals surface area contributed by atoms with Gasteiger partial charge in [0.05, 0.1) is 18.6 Å². The Morgan fingerprint density at radius 2 is 1.83 bits per heavy atom. The van der Waals surface area contributed by atoms with Crippen LogP contribution in [0, 0.1) is 11.8 Å². The van der Waals surface area contributed by atoms with Gasteiger partial charge in [0, 0.05) is 16.5 Å². The largest absolute Gasteiger partial charge is 0.493 e. The molecule has 24 heavy (non-hydrogen) atoms. The van der Waals surface area contributed by atoms with E-state index in [-0.39, 0.29) is 23.8 Å². The summed E-state index contributed by atoms with van der Waals surface area (Å²) >= 11 is 6.03. The highest BCUT2D eigenvalue weighted by molar-refractivity contribution is 6.30. The first-order valence-corrected chi connectivity index (χ1v) is 8.88. The van der Waals surface area contributed by atoms with E-state index in [0.717, 1.165) is 24.2 Å². The number of halogens is 1. The Balaban J connectivity index is 1.66. The second-order valence-electron chi connectivity index (χ2n) is 6.62. The summed E-state index contributed by atoms with van der Waals surface area (Å²) in [6.07, 6.45) is 4.12. The van der Waals surface area contributed by atoms with Crippen LogP contribution in [0.2, 0.25) is 5.02 Å². The van der Waals surface area contributed by atoms with Gasteiger partial charge in [-0.2, -0.15) is 0 Å². The molecule has 1 aromatic rings. The Morgan fingerprint density at radius 3 is 2.54 bits per heavy atom. The predicted octanol–water partition coefficient (Wildman–Crippen LogP) is 3.56. The number of fused-ring (bicyclic) bond motifs is 1. The molecule has 1 fully saturated rings. The number of ether oxygens (including phenoxy) is 1. The average Bonchev–Trinajstić information content (AvgIpc) is 2.76. The SMILES string of the molecule is O=C(O)C1CCC(C(=O)NC2CCCOc3cc(Cl)ccc32)CC1. The zero-order valence-electron chi connectivity index (χ0n) is 13.5. The van der Waals surface area contributed by atoms with Gasteiger partial charge in [-0.05, 0) is 50.7 Å². The van der Waals surface area contributed by atoms with Gasteiger partial charge in [-0.15, -0.1) is 0 Å². The molecule has 6 heteroatoms. The summed E-state index contributed by atoms with van der Waals surface area (Å²) in [5, 5.41) is 12.8. The second kappa shape index (κ2) is 7.43. The number of amides is 1. The fraction of sp³-hybridized carbons (Fsp3) is 0.556. The number of aliphatic carboxylic acids is 1. The van der Waals surface area contributed by atoms with Crippen LogP contribution in [0.3, 0.4) is 0 Å². The molecule has 2 N–H and O–H groups in total. The van der Waals surface area contributed by atoms with Crippen LogP contribution in [-0.4, -0.2) is 23.6 Å². The van der Waals surface area contributed by atoms with Gasteiger partial charge in [0.1, 0.15) is 5.75 Å². The first-order valence-electron chi connectivity index (χ1n) is 8.50. The molecule has 1 atom stereocenters. The minimum absolute atomic E-state index is 0.0200. The molecular weight excluding hydrogens is 330 g/mol. The first-order chi connectivity index (χ1) is 11.5. The molecule has 1 heterocycles. The molecule has 1 amide bonds. The molecule has 1 saturated carbocycles. The van der Waals surface area contributed by atoms with Crippen LogP contribution in [-0.2, 0) is 9.59 Å². The third-order valence-corrected chi connectivity index (χ3v) is 5.24. The highest BCUT2D eigenvalue weighted by Gasteiger charge is 2.31. The molecule has 5 nitrogen and oxygen atoms in total. The number of carbonyl (C=O) groups excluding carboxylic acids is 1. The number of hydrogen-bond donors (Lipinski definition) is 2. The number of rotatable bonds is 3. The smallest absolute Gasteiger partial charge is 0.306 e. The lowest BCUT2D eigenvalue weighted by molar-refractivity contribution is -0.144. The lowest BCUT2D eigenvalue weighted by Crippen LogP contribution is -2.36. The molecule has 0 spiro atoms. The van der Waals surface area contributed by atoms with Gasteiger partial charge in [0.25, 0.3) is 0 Å². The molecule has 2 aliphatic rings. The van der Waals surface area contributed by atoms with Crippen LogP contribution < -0.4 is 10.1 Å². The van der Waals surface area contributed by atoms with Gasteiger partial charge < -0.3 is 15.2 Å². The average molecular weight is 352 g/mol. The summed E-state index contributed by atoms with van der Waals surface area (Å²) in [5.41, 5.74) is 0.962. The first kappa shape index (κ1) is 17.1. The van der Waals surface area contributed by atoms with E-state index in [1.54, 1.807) is 6.07 Å². The zero-order valence-corrected chi connectivity index (χ0v) is 14.2. The van der Waals surface area contributed by atoms with Crippen LogP contribution in [0.15, 0.2) is 18.2 Å². The molecule has 0 radical (unpaired) electrons. The maximum Gasteiger partial charge on any atom is 0.306 e. The van der Waals surface area contributed by atoms with Crippen LogP contribution in [0.4, 0.5) is 0 Å². The van der Waals surface area contributed by atoms with Crippen LogP contribution in [0.25, 0.3) is 0 Å². The highest BCUT2D eigenvalue weighted by Crippen LogP contribution is 2.35. The van der Waals surface area contributed by atoms with E-state index >= 15 is 0 Å². The molecule has 0 bridgehead atoms. The number of carboxylic acids is 1. The molecule has 0 saturated heterocycles. The van der Waals surface area contributed by atoms with Crippen molar-refractivity contribution in [3.05, 3.63) is 28.8 Å². The van der Waals surface area contributed by atoms with Crippen LogP contribution in [0.1, 0.15) is 50.1 Å². The number of carboxylic acid groups (broad SMARTS) is 1. The zero-order chi connectivity index (χ0) is 17.1. The van der Waals surface area contributed by atoms with Gasteiger partial charge in [-0.1, -0.05) is 17.7 Å². The molecule has 1 unspecified atom stereocenters. The van der Waals surface area contributed by atoms with Crippen molar-refractivity contribution in [1.29, 1.82) is 0 Å². The lowest BCUT2D eigenvalue weighted by atomic mass is 9.81. The maximum atomic E-state index is 12.6. The summed E-state index contributed by atoms with van der Waals surface area (Å²) in [6.45, 7) is 0.615. The minimum Gasteiger partial charge on any atom is -0.493 e. The van der Waals surface area contributed by atoms with Gasteiger partial charge in [-0.25, -0.2) is 0 Å². The summed E-state index contributed by atoms with van der Waals surface area (Å²) in [7, 11) is 0. The van der Waals surface area contributed by atoms with Gasteiger partial charge in [-0.3, -0.25) is 9.59 Å². The number of nitrogens with one attached hydrogen (secondary N) is 1. The van der Waals surface area contributed by atoms with E-state index in [1.807, 2.05) is 12.1 Å². The molecular formula is C18H22ClNO4. The second-order valence-corrected chi connectivity index (χ2v) is 7.06. The molecule has 1 aliphatic heterocycles. The molecule has 3 rings (SSSR count). The van der Waals surface area contributed by atoms with Crippen molar-refractivity contribution >= 4 is 23.5 Å².